The van der Waals surface area contributed by atoms with E-state index in [9.17, 15) is 9.59 Å². The van der Waals surface area contributed by atoms with Gasteiger partial charge in [0.2, 0.25) is 5.78 Å². The van der Waals surface area contributed by atoms with Gasteiger partial charge in [-0.2, -0.15) is 0 Å². The number of carbonyl (C=O) groups excluding carboxylic acids is 1. The maximum Gasteiger partial charge on any atom is 0.372 e. The Balaban J connectivity index is 4.56. The summed E-state index contributed by atoms with van der Waals surface area (Å²) in [6.45, 7) is -2.12. The molecule has 0 aliphatic rings. The van der Waals surface area contributed by atoms with E-state index in [1.54, 1.807) is 0 Å². The van der Waals surface area contributed by atoms with Crippen LogP contribution in [-0.2, 0) is 9.59 Å². The summed E-state index contributed by atoms with van der Waals surface area (Å²) in [5.74, 6) is -3.72. The molecule has 0 saturated heterocycles. The monoisotopic (exact) mass is 107 g/mol. The lowest BCUT2D eigenvalue weighted by Crippen LogP contribution is -2.09. The highest BCUT2D eigenvalue weighted by molar-refractivity contribution is 6.32. The number of ketones is 1. The average molecular weight is 107 g/mol. The molecule has 0 heterocycles. The van der Waals surface area contributed by atoms with Gasteiger partial charge in [-0.25, -0.2) is 4.79 Å². The van der Waals surface area contributed by atoms with Crippen LogP contribution in [0.1, 0.15) is 18.7 Å². The molecule has 0 amide bonds. The highest BCUT2D eigenvalue weighted by atomic mass is 16.4. The van der Waals surface area contributed by atoms with Crippen molar-refractivity contribution < 1.29 is 20.2 Å². The molecule has 0 spiro atoms. The number of hydrogen-bond donors (Lipinski definition) is 1. The van der Waals surface area contributed by atoms with E-state index in [0.717, 1.165) is 0 Å². The van der Waals surface area contributed by atoms with E-state index < -0.39 is 25.0 Å². The normalized spacial score (nSPS) is 19.0. The smallest absolute Gasteiger partial charge is 0.372 e. The number of carboxylic acid groups (broad SMARTS) is 1. The Bertz CT molecular complexity index is 188. The molecule has 0 radical (unpaired) electrons. The van der Waals surface area contributed by atoms with Crippen molar-refractivity contribution in [3.63, 3.8) is 0 Å². The van der Waals surface area contributed by atoms with Gasteiger partial charge in [0.25, 0.3) is 0 Å². The lowest BCUT2D eigenvalue weighted by atomic mass is 10.4. The van der Waals surface area contributed by atoms with Gasteiger partial charge in [0.15, 0.2) is 0 Å². The summed E-state index contributed by atoms with van der Waals surface area (Å²) in [5.41, 5.74) is 0. The summed E-state index contributed by atoms with van der Waals surface area (Å²) in [7, 11) is 0. The van der Waals surface area contributed by atoms with Gasteiger partial charge in [-0.05, 0) is 0 Å². The van der Waals surface area contributed by atoms with Gasteiger partial charge in [0.05, 0.1) is 0 Å². The van der Waals surface area contributed by atoms with E-state index in [0.29, 0.717) is 0 Å². The third-order valence-corrected chi connectivity index (χ3v) is 0.325. The van der Waals surface area contributed by atoms with Crippen LogP contribution in [0.2, 0.25) is 0 Å². The summed E-state index contributed by atoms with van der Waals surface area (Å²) in [6, 6.07) is 0. The first-order chi connectivity index (χ1) is 4.80. The van der Waals surface area contributed by atoms with Crippen LogP contribution in [0.4, 0.5) is 0 Å². The van der Waals surface area contributed by atoms with Gasteiger partial charge in [-0.15, -0.1) is 0 Å². The van der Waals surface area contributed by atoms with Crippen molar-refractivity contribution in [2.75, 3.05) is 0 Å². The first-order valence-electron chi connectivity index (χ1n) is 3.58. The second-order valence-electron chi connectivity index (χ2n) is 0.779. The molecule has 1 N–H and O–H groups in total. The van der Waals surface area contributed by atoms with Crippen LogP contribution in [0.3, 0.4) is 0 Å². The molecule has 3 nitrogen and oxygen atoms in total. The predicted octanol–water partition coefficient (Wildman–Crippen LogP) is 0.0501. The Labute approximate surface area is 46.6 Å². The molecule has 0 atom stereocenters. The lowest BCUT2D eigenvalue weighted by Gasteiger charge is -1.80. The fourth-order valence-corrected chi connectivity index (χ4v) is 0.0617. The van der Waals surface area contributed by atoms with E-state index >= 15 is 0 Å². The Kier molecular flexibility index (Phi) is 0.648. The standard InChI is InChI=1S/C4H6O3/c1-2-3(5)4(6)7/h2H2,1H3,(H,6,7)/i1+1D2,2D2. The number of carboxylic acids is 1. The zero-order valence-electron chi connectivity index (χ0n) is 7.34. The Morgan fingerprint density at radius 1 is 2.00 bits per heavy atom. The van der Waals surface area contributed by atoms with E-state index in [-0.39, 0.29) is 0 Å². The SMILES string of the molecule is [2H][13CH]([2H])C([2H])([2H])C(=O)C(=O)O. The maximum atomic E-state index is 10.4. The van der Waals surface area contributed by atoms with E-state index in [1.165, 1.54) is 0 Å². The first-order valence-corrected chi connectivity index (χ1v) is 1.42. The number of Topliss-reactive ketones (excluding diaryl/α,β-unsaturated/α-hetero) is 1. The molecule has 0 aromatic heterocycles. The summed E-state index contributed by atoms with van der Waals surface area (Å²) < 4.78 is 26.4. The Morgan fingerprint density at radius 2 is 2.57 bits per heavy atom. The van der Waals surface area contributed by atoms with Crippen molar-refractivity contribution in [1.82, 2.24) is 0 Å². The number of carbonyl (C=O) groups is 2. The van der Waals surface area contributed by atoms with Gasteiger partial charge in [0.1, 0.15) is 0 Å². The fraction of sp³-hybridized carbons (Fsp3) is 0.500. The zero-order chi connectivity index (χ0) is 9.23. The second-order valence-corrected chi connectivity index (χ2v) is 0.779. The van der Waals surface area contributed by atoms with Crippen LogP contribution in [-0.4, -0.2) is 16.9 Å². The van der Waals surface area contributed by atoms with E-state index in [2.05, 4.69) is 0 Å². The Hall–Kier alpha value is -0.860. The van der Waals surface area contributed by atoms with Crippen molar-refractivity contribution in [3.8, 4) is 0 Å². The van der Waals surface area contributed by atoms with Crippen LogP contribution in [0, 0.1) is 0 Å². The fourth-order valence-electron chi connectivity index (χ4n) is 0.0617. The molecular weight excluding hydrogens is 97.0 g/mol. The Morgan fingerprint density at radius 3 is 2.71 bits per heavy atom. The second kappa shape index (κ2) is 2.34. The summed E-state index contributed by atoms with van der Waals surface area (Å²) in [4.78, 5) is 20.3. The molecule has 7 heavy (non-hydrogen) atoms. The minimum absolute atomic E-state index is 1.76. The molecule has 0 rings (SSSR count). The molecule has 0 aromatic rings. The van der Waals surface area contributed by atoms with Crippen LogP contribution in [0.25, 0.3) is 0 Å². The van der Waals surface area contributed by atoms with Gasteiger partial charge < -0.3 is 5.11 Å². The molecule has 0 fully saturated rings. The average Bonchev–Trinajstić information content (AvgIpc) is 1.85. The molecule has 0 bridgehead atoms. The van der Waals surface area contributed by atoms with Crippen molar-refractivity contribution in [2.24, 2.45) is 0 Å². The van der Waals surface area contributed by atoms with E-state index in [4.69, 9.17) is 10.6 Å². The minimum Gasteiger partial charge on any atom is -0.476 e. The van der Waals surface area contributed by atoms with Crippen molar-refractivity contribution in [2.45, 2.75) is 13.2 Å². The van der Waals surface area contributed by atoms with E-state index in [1.807, 2.05) is 0 Å². The highest BCUT2D eigenvalue weighted by Gasteiger charge is 2.05. The van der Waals surface area contributed by atoms with Crippen LogP contribution >= 0.6 is 0 Å². The largest absolute Gasteiger partial charge is 0.476 e. The molecule has 0 aliphatic carbocycles. The zero-order valence-corrected chi connectivity index (χ0v) is 3.34. The molecule has 3 heteroatoms. The summed E-state index contributed by atoms with van der Waals surface area (Å²) >= 11 is 0. The van der Waals surface area contributed by atoms with Crippen molar-refractivity contribution in [1.29, 1.82) is 0 Å². The van der Waals surface area contributed by atoms with Crippen LogP contribution < -0.4 is 0 Å². The quantitative estimate of drug-likeness (QED) is 0.400. The molecular formula is C4H6O3. The topological polar surface area (TPSA) is 54.4 Å². The molecule has 0 aromatic carbocycles. The van der Waals surface area contributed by atoms with Gasteiger partial charge in [-0.1, -0.05) is 6.88 Å². The molecule has 0 unspecified atom stereocenters. The van der Waals surface area contributed by atoms with Gasteiger partial charge in [-0.3, -0.25) is 4.79 Å². The molecule has 40 valence electrons. The lowest BCUT2D eigenvalue weighted by molar-refractivity contribution is -0.148. The van der Waals surface area contributed by atoms with Gasteiger partial charge in [0, 0.05) is 11.9 Å². The minimum atomic E-state index is -2.92. The summed E-state index contributed by atoms with van der Waals surface area (Å²) in [6.07, 6.45) is -2.92. The third-order valence-electron chi connectivity index (χ3n) is 0.325. The van der Waals surface area contributed by atoms with Crippen molar-refractivity contribution >= 4 is 11.8 Å². The molecule has 0 aliphatic heterocycles. The maximum absolute atomic E-state index is 10.4. The molecule has 0 saturated carbocycles. The number of hydrogen-bond acceptors (Lipinski definition) is 2. The van der Waals surface area contributed by atoms with Crippen molar-refractivity contribution in [3.05, 3.63) is 0 Å². The predicted molar refractivity (Wildman–Crippen MR) is 22.9 cm³/mol. The first kappa shape index (κ1) is 1.94. The number of rotatable bonds is 2. The number of aliphatic carboxylic acids is 1. The van der Waals surface area contributed by atoms with Crippen LogP contribution in [0.15, 0.2) is 0 Å². The van der Waals surface area contributed by atoms with Gasteiger partial charge >= 0.3 is 5.97 Å². The highest BCUT2D eigenvalue weighted by Crippen LogP contribution is 1.76. The summed E-state index contributed by atoms with van der Waals surface area (Å²) in [5, 5.41) is 8.01. The van der Waals surface area contributed by atoms with Crippen LogP contribution in [0.5, 0.6) is 0 Å². The third kappa shape index (κ3) is 1.92.